The summed E-state index contributed by atoms with van der Waals surface area (Å²) in [6, 6.07) is 19.5. The standard InChI is InChI=1S/C28H24N2O4S/c1-4-33-24-15-25-20(21(16-34-25)18-9-5-7-11-23(18)32-3)14-19(24)17(2)13-27(31)30-28-29-22-10-6-8-12-26(22)35-28/h5-16H,4H2,1-3H3,(H,29,30,31)/b17-13+. The minimum Gasteiger partial charge on any atom is -0.496 e. The van der Waals surface area contributed by atoms with Crippen LogP contribution in [-0.2, 0) is 4.79 Å². The summed E-state index contributed by atoms with van der Waals surface area (Å²) in [4.78, 5) is 17.3. The van der Waals surface area contributed by atoms with Crippen molar-refractivity contribution in [3.63, 3.8) is 0 Å². The molecule has 0 radical (unpaired) electrons. The predicted octanol–water partition coefficient (Wildman–Crippen LogP) is 7.16. The van der Waals surface area contributed by atoms with Crippen molar-refractivity contribution in [1.82, 2.24) is 4.98 Å². The Kier molecular flexibility index (Phi) is 6.25. The topological polar surface area (TPSA) is 73.6 Å². The van der Waals surface area contributed by atoms with Gasteiger partial charge in [0.15, 0.2) is 5.13 Å². The molecule has 35 heavy (non-hydrogen) atoms. The Hall–Kier alpha value is -4.10. The van der Waals surface area contributed by atoms with E-state index in [9.17, 15) is 4.79 Å². The SMILES string of the molecule is CCOc1cc2occ(-c3ccccc3OC)c2cc1/C(C)=C/C(=O)Nc1nc2ccccc2s1. The van der Waals surface area contributed by atoms with E-state index in [0.717, 1.165) is 43.6 Å². The third kappa shape index (κ3) is 4.50. The average Bonchev–Trinajstić information content (AvgIpc) is 3.46. The fraction of sp³-hybridized carbons (Fsp3) is 0.143. The Bertz CT molecular complexity index is 1530. The van der Waals surface area contributed by atoms with Crippen LogP contribution in [0.15, 0.2) is 77.4 Å². The smallest absolute Gasteiger partial charge is 0.250 e. The zero-order chi connectivity index (χ0) is 24.4. The number of nitrogens with zero attached hydrogens (tertiary/aromatic N) is 1. The molecule has 7 heteroatoms. The highest BCUT2D eigenvalue weighted by Gasteiger charge is 2.17. The lowest BCUT2D eigenvalue weighted by Crippen LogP contribution is -2.08. The highest BCUT2D eigenvalue weighted by atomic mass is 32.1. The van der Waals surface area contributed by atoms with Gasteiger partial charge in [-0.3, -0.25) is 10.1 Å². The van der Waals surface area contributed by atoms with Crippen LogP contribution in [0.4, 0.5) is 5.13 Å². The average molecular weight is 485 g/mol. The number of hydrogen-bond donors (Lipinski definition) is 1. The normalized spacial score (nSPS) is 11.7. The molecular weight excluding hydrogens is 460 g/mol. The summed E-state index contributed by atoms with van der Waals surface area (Å²) in [6.07, 6.45) is 3.29. The highest BCUT2D eigenvalue weighted by molar-refractivity contribution is 7.22. The van der Waals surface area contributed by atoms with E-state index in [2.05, 4.69) is 10.3 Å². The van der Waals surface area contributed by atoms with Gasteiger partial charge in [-0.05, 0) is 43.7 Å². The summed E-state index contributed by atoms with van der Waals surface area (Å²) in [5.41, 5.74) is 4.98. The highest BCUT2D eigenvalue weighted by Crippen LogP contribution is 2.40. The van der Waals surface area contributed by atoms with Crippen molar-refractivity contribution in [3.05, 3.63) is 78.6 Å². The van der Waals surface area contributed by atoms with E-state index in [-0.39, 0.29) is 5.91 Å². The number of amides is 1. The molecule has 1 N–H and O–H groups in total. The summed E-state index contributed by atoms with van der Waals surface area (Å²) < 4.78 is 18.3. The van der Waals surface area contributed by atoms with Crippen molar-refractivity contribution >= 4 is 49.1 Å². The van der Waals surface area contributed by atoms with Crippen LogP contribution in [0.3, 0.4) is 0 Å². The van der Waals surface area contributed by atoms with E-state index in [1.54, 1.807) is 19.4 Å². The van der Waals surface area contributed by atoms with Crippen LogP contribution in [0.2, 0.25) is 0 Å². The summed E-state index contributed by atoms with van der Waals surface area (Å²) in [5, 5.41) is 4.36. The van der Waals surface area contributed by atoms with Gasteiger partial charge in [0.25, 0.3) is 0 Å². The second-order valence-electron chi connectivity index (χ2n) is 7.93. The number of benzene rings is 3. The molecule has 0 aliphatic rings. The van der Waals surface area contributed by atoms with Crippen molar-refractivity contribution in [2.45, 2.75) is 13.8 Å². The summed E-state index contributed by atoms with van der Waals surface area (Å²) in [7, 11) is 1.65. The zero-order valence-corrected chi connectivity index (χ0v) is 20.4. The Morgan fingerprint density at radius 1 is 1.09 bits per heavy atom. The van der Waals surface area contributed by atoms with Crippen LogP contribution in [-0.4, -0.2) is 24.6 Å². The molecule has 3 aromatic carbocycles. The molecule has 2 aromatic heterocycles. The van der Waals surface area contributed by atoms with Crippen LogP contribution in [0.25, 0.3) is 37.9 Å². The first kappa shape index (κ1) is 22.7. The van der Waals surface area contributed by atoms with Crippen LogP contribution < -0.4 is 14.8 Å². The maximum absolute atomic E-state index is 12.8. The molecule has 0 aliphatic carbocycles. The number of allylic oxidation sites excluding steroid dienone is 1. The lowest BCUT2D eigenvalue weighted by Gasteiger charge is -2.12. The van der Waals surface area contributed by atoms with Crippen LogP contribution in [0.1, 0.15) is 19.4 Å². The molecule has 5 rings (SSSR count). The van der Waals surface area contributed by atoms with Crippen molar-refractivity contribution in [2.75, 3.05) is 19.0 Å². The predicted molar refractivity (Wildman–Crippen MR) is 141 cm³/mol. The van der Waals surface area contributed by atoms with Crippen molar-refractivity contribution in [1.29, 1.82) is 0 Å². The Labute approximate surface area is 206 Å². The monoisotopic (exact) mass is 484 g/mol. The first-order valence-corrected chi connectivity index (χ1v) is 12.1. The Morgan fingerprint density at radius 2 is 1.89 bits per heavy atom. The van der Waals surface area contributed by atoms with E-state index in [4.69, 9.17) is 13.9 Å². The van der Waals surface area contributed by atoms with Crippen LogP contribution in [0.5, 0.6) is 11.5 Å². The number of methoxy groups -OCH3 is 1. The molecule has 1 amide bonds. The molecule has 0 fully saturated rings. The summed E-state index contributed by atoms with van der Waals surface area (Å²) in [6.45, 7) is 4.31. The molecule has 2 heterocycles. The number of fused-ring (bicyclic) bond motifs is 2. The molecule has 176 valence electrons. The second-order valence-corrected chi connectivity index (χ2v) is 8.96. The van der Waals surface area contributed by atoms with Crippen LogP contribution in [0, 0.1) is 0 Å². The van der Waals surface area contributed by atoms with Gasteiger partial charge in [-0.2, -0.15) is 0 Å². The number of carbonyl (C=O) groups excluding carboxylic acids is 1. The third-order valence-electron chi connectivity index (χ3n) is 5.67. The first-order valence-electron chi connectivity index (χ1n) is 11.2. The van der Waals surface area contributed by atoms with E-state index in [1.165, 1.54) is 11.3 Å². The van der Waals surface area contributed by atoms with Gasteiger partial charge in [-0.25, -0.2) is 4.98 Å². The molecule has 6 nitrogen and oxygen atoms in total. The number of anilines is 1. The third-order valence-corrected chi connectivity index (χ3v) is 6.62. The number of aromatic nitrogens is 1. The lowest BCUT2D eigenvalue weighted by atomic mass is 9.98. The van der Waals surface area contributed by atoms with Gasteiger partial charge >= 0.3 is 0 Å². The molecule has 0 spiro atoms. The van der Waals surface area contributed by atoms with E-state index >= 15 is 0 Å². The zero-order valence-electron chi connectivity index (χ0n) is 19.6. The second kappa shape index (κ2) is 9.64. The minimum absolute atomic E-state index is 0.249. The van der Waals surface area contributed by atoms with Gasteiger partial charge in [-0.1, -0.05) is 41.7 Å². The van der Waals surface area contributed by atoms with E-state index < -0.39 is 0 Å². The van der Waals surface area contributed by atoms with Gasteiger partial charge in [-0.15, -0.1) is 0 Å². The van der Waals surface area contributed by atoms with E-state index in [1.807, 2.05) is 74.5 Å². The maximum atomic E-state index is 12.8. The van der Waals surface area contributed by atoms with Gasteiger partial charge < -0.3 is 13.9 Å². The molecule has 0 saturated carbocycles. The molecule has 0 unspecified atom stereocenters. The van der Waals surface area contributed by atoms with Crippen molar-refractivity contribution < 1.29 is 18.7 Å². The number of thiazole rings is 1. The fourth-order valence-corrected chi connectivity index (χ4v) is 4.92. The largest absolute Gasteiger partial charge is 0.496 e. The first-order chi connectivity index (χ1) is 17.1. The quantitative estimate of drug-likeness (QED) is 0.248. The number of carbonyl (C=O) groups is 1. The van der Waals surface area contributed by atoms with Gasteiger partial charge in [0.05, 0.1) is 30.2 Å². The number of hydrogen-bond acceptors (Lipinski definition) is 6. The van der Waals surface area contributed by atoms with Gasteiger partial charge in [0.1, 0.15) is 17.1 Å². The van der Waals surface area contributed by atoms with Crippen LogP contribution >= 0.6 is 11.3 Å². The maximum Gasteiger partial charge on any atom is 0.250 e. The fourth-order valence-electron chi connectivity index (χ4n) is 4.06. The lowest BCUT2D eigenvalue weighted by molar-refractivity contribution is -0.111. The summed E-state index contributed by atoms with van der Waals surface area (Å²) in [5.74, 6) is 1.16. The number of ether oxygens (including phenoxy) is 2. The summed E-state index contributed by atoms with van der Waals surface area (Å²) >= 11 is 1.44. The Morgan fingerprint density at radius 3 is 2.69 bits per heavy atom. The van der Waals surface area contributed by atoms with Gasteiger partial charge in [0.2, 0.25) is 5.91 Å². The minimum atomic E-state index is -0.249. The molecular formula is C28H24N2O4S. The van der Waals surface area contributed by atoms with Crippen molar-refractivity contribution in [2.24, 2.45) is 0 Å². The number of nitrogens with one attached hydrogen (secondary N) is 1. The Balaban J connectivity index is 1.52. The molecule has 0 aliphatic heterocycles. The van der Waals surface area contributed by atoms with Gasteiger partial charge in [0, 0.05) is 34.2 Å². The molecule has 0 saturated heterocycles. The number of para-hydroxylation sites is 2. The van der Waals surface area contributed by atoms with E-state index in [0.29, 0.717) is 23.1 Å². The molecule has 0 bridgehead atoms. The molecule has 5 aromatic rings. The molecule has 0 atom stereocenters. The van der Waals surface area contributed by atoms with Crippen molar-refractivity contribution in [3.8, 4) is 22.6 Å². The number of rotatable bonds is 7. The number of furan rings is 1.